The lowest BCUT2D eigenvalue weighted by Crippen LogP contribution is -2.33. The third-order valence-corrected chi connectivity index (χ3v) is 3.70. The molecular formula is C10H21NS. The minimum Gasteiger partial charge on any atom is -0.306 e. The van der Waals surface area contributed by atoms with E-state index in [0.29, 0.717) is 4.75 Å². The smallest absolute Gasteiger partial charge is 0.00778 e. The Morgan fingerprint density at radius 2 is 1.67 bits per heavy atom. The van der Waals surface area contributed by atoms with Crippen molar-refractivity contribution in [3.63, 3.8) is 0 Å². The molecule has 1 heterocycles. The molecule has 0 aromatic rings. The number of rotatable bonds is 1. The first kappa shape index (κ1) is 10.4. The van der Waals surface area contributed by atoms with E-state index in [2.05, 4.69) is 44.5 Å². The number of nitrogens with zero attached hydrogens (tertiary/aromatic N) is 1. The van der Waals surface area contributed by atoms with Crippen molar-refractivity contribution in [2.75, 3.05) is 20.1 Å². The lowest BCUT2D eigenvalue weighted by molar-refractivity contribution is 0.281. The quantitative estimate of drug-likeness (QED) is 0.621. The van der Waals surface area contributed by atoms with Crippen LogP contribution in [0, 0.1) is 0 Å². The zero-order chi connectivity index (χ0) is 9.19. The molecule has 0 unspecified atom stereocenters. The van der Waals surface area contributed by atoms with E-state index >= 15 is 0 Å². The second-order valence-electron chi connectivity index (χ2n) is 4.73. The van der Waals surface area contributed by atoms with Gasteiger partial charge in [0.15, 0.2) is 0 Å². The maximum Gasteiger partial charge on any atom is 0.00778 e. The normalized spacial score (nSPS) is 23.0. The molecule has 0 saturated carbocycles. The SMILES string of the molecule is CN1CCC(SC(C)(C)C)CC1. The highest BCUT2D eigenvalue weighted by molar-refractivity contribution is 8.01. The second kappa shape index (κ2) is 4.01. The van der Waals surface area contributed by atoms with E-state index in [4.69, 9.17) is 0 Å². The van der Waals surface area contributed by atoms with Crippen LogP contribution in [-0.2, 0) is 0 Å². The van der Waals surface area contributed by atoms with Crippen LogP contribution >= 0.6 is 11.8 Å². The van der Waals surface area contributed by atoms with Crippen molar-refractivity contribution in [1.82, 2.24) is 4.90 Å². The van der Waals surface area contributed by atoms with Gasteiger partial charge in [0.2, 0.25) is 0 Å². The van der Waals surface area contributed by atoms with Gasteiger partial charge in [0.05, 0.1) is 0 Å². The number of piperidine rings is 1. The standard InChI is InChI=1S/C10H21NS/c1-10(2,3)12-9-5-7-11(4)8-6-9/h9H,5-8H2,1-4H3. The molecule has 0 spiro atoms. The minimum absolute atomic E-state index is 0.445. The first-order chi connectivity index (χ1) is 5.47. The van der Waals surface area contributed by atoms with Gasteiger partial charge in [-0.25, -0.2) is 0 Å². The fourth-order valence-electron chi connectivity index (χ4n) is 1.60. The van der Waals surface area contributed by atoms with Gasteiger partial charge in [-0.2, -0.15) is 11.8 Å². The van der Waals surface area contributed by atoms with Crippen LogP contribution in [0.4, 0.5) is 0 Å². The van der Waals surface area contributed by atoms with Gasteiger partial charge in [-0.05, 0) is 33.0 Å². The Labute approximate surface area is 80.9 Å². The van der Waals surface area contributed by atoms with E-state index in [1.165, 1.54) is 25.9 Å². The zero-order valence-corrected chi connectivity index (χ0v) is 9.58. The van der Waals surface area contributed by atoms with E-state index in [-0.39, 0.29) is 0 Å². The zero-order valence-electron chi connectivity index (χ0n) is 8.76. The molecule has 0 amide bonds. The molecule has 0 aliphatic carbocycles. The Morgan fingerprint density at radius 3 is 2.08 bits per heavy atom. The number of hydrogen-bond donors (Lipinski definition) is 0. The number of likely N-dealkylation sites (tertiary alicyclic amines) is 1. The largest absolute Gasteiger partial charge is 0.306 e. The first-order valence-electron chi connectivity index (χ1n) is 4.84. The van der Waals surface area contributed by atoms with Crippen molar-refractivity contribution in [1.29, 1.82) is 0 Å². The summed E-state index contributed by atoms with van der Waals surface area (Å²) in [4.78, 5) is 2.43. The van der Waals surface area contributed by atoms with Crippen LogP contribution in [0.1, 0.15) is 33.6 Å². The molecule has 72 valence electrons. The van der Waals surface area contributed by atoms with Crippen molar-refractivity contribution in [2.24, 2.45) is 0 Å². The topological polar surface area (TPSA) is 3.24 Å². The van der Waals surface area contributed by atoms with Gasteiger partial charge in [0.1, 0.15) is 0 Å². The van der Waals surface area contributed by atoms with Gasteiger partial charge >= 0.3 is 0 Å². The van der Waals surface area contributed by atoms with Crippen molar-refractivity contribution in [3.8, 4) is 0 Å². The van der Waals surface area contributed by atoms with Crippen molar-refractivity contribution >= 4 is 11.8 Å². The summed E-state index contributed by atoms with van der Waals surface area (Å²) in [7, 11) is 2.22. The van der Waals surface area contributed by atoms with Crippen LogP contribution in [0.25, 0.3) is 0 Å². The molecule has 1 fully saturated rings. The molecule has 0 N–H and O–H groups in total. The lowest BCUT2D eigenvalue weighted by atomic mass is 10.1. The second-order valence-corrected chi connectivity index (χ2v) is 6.86. The summed E-state index contributed by atoms with van der Waals surface area (Å²) in [6, 6.07) is 0. The predicted octanol–water partition coefficient (Wildman–Crippen LogP) is 2.61. The van der Waals surface area contributed by atoms with Crippen LogP contribution in [0.5, 0.6) is 0 Å². The molecule has 12 heavy (non-hydrogen) atoms. The van der Waals surface area contributed by atoms with E-state index in [0.717, 1.165) is 5.25 Å². The molecule has 0 aromatic heterocycles. The van der Waals surface area contributed by atoms with Crippen LogP contribution in [0.15, 0.2) is 0 Å². The number of thioether (sulfide) groups is 1. The third-order valence-electron chi connectivity index (χ3n) is 2.19. The fraction of sp³-hybridized carbons (Fsp3) is 1.00. The van der Waals surface area contributed by atoms with Gasteiger partial charge in [-0.15, -0.1) is 0 Å². The number of hydrogen-bond acceptors (Lipinski definition) is 2. The molecule has 2 heteroatoms. The van der Waals surface area contributed by atoms with E-state index < -0.39 is 0 Å². The van der Waals surface area contributed by atoms with E-state index in [9.17, 15) is 0 Å². The molecule has 1 nitrogen and oxygen atoms in total. The van der Waals surface area contributed by atoms with Crippen molar-refractivity contribution in [3.05, 3.63) is 0 Å². The Balaban J connectivity index is 2.26. The van der Waals surface area contributed by atoms with Gasteiger partial charge in [-0.3, -0.25) is 0 Å². The Hall–Kier alpha value is 0.310. The molecule has 0 atom stereocenters. The average molecular weight is 187 g/mol. The lowest BCUT2D eigenvalue weighted by Gasteiger charge is -2.32. The Kier molecular flexibility index (Phi) is 3.47. The molecule has 1 saturated heterocycles. The van der Waals surface area contributed by atoms with Gasteiger partial charge in [0, 0.05) is 10.00 Å². The third kappa shape index (κ3) is 3.81. The first-order valence-corrected chi connectivity index (χ1v) is 5.72. The summed E-state index contributed by atoms with van der Waals surface area (Å²) in [5.74, 6) is 0. The highest BCUT2D eigenvalue weighted by atomic mass is 32.2. The van der Waals surface area contributed by atoms with E-state index in [1.54, 1.807) is 0 Å². The van der Waals surface area contributed by atoms with E-state index in [1.807, 2.05) is 0 Å². The molecule has 0 aromatic carbocycles. The maximum atomic E-state index is 2.43. The monoisotopic (exact) mass is 187 g/mol. The van der Waals surface area contributed by atoms with Crippen LogP contribution < -0.4 is 0 Å². The molecule has 0 bridgehead atoms. The Morgan fingerprint density at radius 1 is 1.17 bits per heavy atom. The highest BCUT2D eigenvalue weighted by Gasteiger charge is 2.22. The van der Waals surface area contributed by atoms with Crippen molar-refractivity contribution in [2.45, 2.75) is 43.6 Å². The average Bonchev–Trinajstić information content (AvgIpc) is 1.91. The van der Waals surface area contributed by atoms with Crippen LogP contribution in [0.3, 0.4) is 0 Å². The molecule has 1 aliphatic heterocycles. The van der Waals surface area contributed by atoms with Gasteiger partial charge in [-0.1, -0.05) is 20.8 Å². The summed E-state index contributed by atoms with van der Waals surface area (Å²) in [6.45, 7) is 9.52. The summed E-state index contributed by atoms with van der Waals surface area (Å²) in [5.41, 5.74) is 0. The van der Waals surface area contributed by atoms with Crippen molar-refractivity contribution < 1.29 is 0 Å². The summed E-state index contributed by atoms with van der Waals surface area (Å²) >= 11 is 2.15. The molecule has 1 aliphatic rings. The van der Waals surface area contributed by atoms with Gasteiger partial charge < -0.3 is 4.90 Å². The molecule has 1 rings (SSSR count). The summed E-state index contributed by atoms with van der Waals surface area (Å²) < 4.78 is 0.445. The van der Waals surface area contributed by atoms with Gasteiger partial charge in [0.25, 0.3) is 0 Å². The molecule has 0 radical (unpaired) electrons. The van der Waals surface area contributed by atoms with Crippen LogP contribution in [0.2, 0.25) is 0 Å². The predicted molar refractivity (Wildman–Crippen MR) is 57.9 cm³/mol. The summed E-state index contributed by atoms with van der Waals surface area (Å²) in [5, 5.41) is 0.904. The maximum absolute atomic E-state index is 2.43. The summed E-state index contributed by atoms with van der Waals surface area (Å²) in [6.07, 6.45) is 2.75. The molecular weight excluding hydrogens is 166 g/mol. The van der Waals surface area contributed by atoms with Crippen LogP contribution in [-0.4, -0.2) is 35.0 Å². The minimum atomic E-state index is 0.445. The highest BCUT2D eigenvalue weighted by Crippen LogP contribution is 2.33. The Bertz CT molecular complexity index is 131. The fourth-order valence-corrected chi connectivity index (χ4v) is 3.05.